The molecule has 0 heterocycles. The van der Waals surface area contributed by atoms with Crippen molar-refractivity contribution in [1.29, 1.82) is 0 Å². The van der Waals surface area contributed by atoms with Crippen LogP contribution in [0.3, 0.4) is 0 Å². The molecule has 0 amide bonds. The molecular formula is C15H24FNO. The van der Waals surface area contributed by atoms with Crippen LogP contribution in [0.2, 0.25) is 0 Å². The third-order valence-electron chi connectivity index (χ3n) is 2.92. The number of halogens is 1. The SMILES string of the molecule is CCC(C)OC(CNC(C)C)c1ccc(F)cc1. The summed E-state index contributed by atoms with van der Waals surface area (Å²) in [6, 6.07) is 6.97. The van der Waals surface area contributed by atoms with Gasteiger partial charge in [0.15, 0.2) is 0 Å². The number of ether oxygens (including phenoxy) is 1. The van der Waals surface area contributed by atoms with E-state index in [1.807, 2.05) is 0 Å². The molecule has 1 aromatic rings. The van der Waals surface area contributed by atoms with Gasteiger partial charge in [0.2, 0.25) is 0 Å². The first-order valence-corrected chi connectivity index (χ1v) is 6.67. The first-order chi connectivity index (χ1) is 8.52. The number of rotatable bonds is 7. The summed E-state index contributed by atoms with van der Waals surface area (Å²) >= 11 is 0. The topological polar surface area (TPSA) is 21.3 Å². The van der Waals surface area contributed by atoms with Crippen molar-refractivity contribution in [3.05, 3.63) is 35.6 Å². The molecule has 0 aromatic heterocycles. The highest BCUT2D eigenvalue weighted by molar-refractivity contribution is 5.19. The van der Waals surface area contributed by atoms with Crippen LogP contribution < -0.4 is 5.32 Å². The van der Waals surface area contributed by atoms with E-state index in [-0.39, 0.29) is 18.0 Å². The fraction of sp³-hybridized carbons (Fsp3) is 0.600. The zero-order valence-electron chi connectivity index (χ0n) is 11.7. The summed E-state index contributed by atoms with van der Waals surface area (Å²) in [5.41, 5.74) is 1.02. The summed E-state index contributed by atoms with van der Waals surface area (Å²) < 4.78 is 18.9. The Morgan fingerprint density at radius 1 is 1.17 bits per heavy atom. The molecule has 2 nitrogen and oxygen atoms in total. The van der Waals surface area contributed by atoms with Gasteiger partial charge < -0.3 is 10.1 Å². The van der Waals surface area contributed by atoms with Gasteiger partial charge in [0.05, 0.1) is 12.2 Å². The van der Waals surface area contributed by atoms with Gasteiger partial charge in [0.25, 0.3) is 0 Å². The monoisotopic (exact) mass is 253 g/mol. The van der Waals surface area contributed by atoms with Crippen LogP contribution in [0.5, 0.6) is 0 Å². The molecule has 1 rings (SSSR count). The Labute approximate surface area is 110 Å². The van der Waals surface area contributed by atoms with Crippen LogP contribution in [0.4, 0.5) is 4.39 Å². The number of benzene rings is 1. The molecule has 18 heavy (non-hydrogen) atoms. The average molecular weight is 253 g/mol. The first-order valence-electron chi connectivity index (χ1n) is 6.67. The lowest BCUT2D eigenvalue weighted by molar-refractivity contribution is -0.00540. The van der Waals surface area contributed by atoms with E-state index in [1.165, 1.54) is 12.1 Å². The van der Waals surface area contributed by atoms with Crippen molar-refractivity contribution in [2.24, 2.45) is 0 Å². The third-order valence-corrected chi connectivity index (χ3v) is 2.92. The van der Waals surface area contributed by atoms with Crippen LogP contribution in [0, 0.1) is 5.82 Å². The van der Waals surface area contributed by atoms with E-state index < -0.39 is 0 Å². The van der Waals surface area contributed by atoms with E-state index in [4.69, 9.17) is 4.74 Å². The molecule has 102 valence electrons. The van der Waals surface area contributed by atoms with Crippen molar-refractivity contribution in [1.82, 2.24) is 5.32 Å². The normalized spacial score (nSPS) is 14.8. The summed E-state index contributed by atoms with van der Waals surface area (Å²) in [6.45, 7) is 9.11. The minimum Gasteiger partial charge on any atom is -0.369 e. The molecule has 0 aliphatic carbocycles. The fourth-order valence-electron chi connectivity index (χ4n) is 1.64. The maximum absolute atomic E-state index is 12.9. The molecule has 0 bridgehead atoms. The van der Waals surface area contributed by atoms with Gasteiger partial charge >= 0.3 is 0 Å². The minimum atomic E-state index is -0.210. The first kappa shape index (κ1) is 15.1. The Morgan fingerprint density at radius 2 is 1.78 bits per heavy atom. The van der Waals surface area contributed by atoms with Crippen molar-refractivity contribution in [3.8, 4) is 0 Å². The third kappa shape index (κ3) is 5.15. The number of nitrogens with one attached hydrogen (secondary N) is 1. The van der Waals surface area contributed by atoms with Gasteiger partial charge in [0.1, 0.15) is 5.82 Å². The molecule has 2 unspecified atom stereocenters. The Bertz CT molecular complexity index is 337. The van der Waals surface area contributed by atoms with Crippen molar-refractivity contribution in [2.75, 3.05) is 6.54 Å². The largest absolute Gasteiger partial charge is 0.369 e. The summed E-state index contributed by atoms with van der Waals surface area (Å²) in [6.07, 6.45) is 1.15. The summed E-state index contributed by atoms with van der Waals surface area (Å²) in [7, 11) is 0. The van der Waals surface area contributed by atoms with Gasteiger partial charge in [-0.25, -0.2) is 4.39 Å². The summed E-state index contributed by atoms with van der Waals surface area (Å²) in [5.74, 6) is -0.210. The van der Waals surface area contributed by atoms with Gasteiger partial charge in [0, 0.05) is 12.6 Å². The minimum absolute atomic E-state index is 0.0250. The van der Waals surface area contributed by atoms with Crippen LogP contribution in [0.25, 0.3) is 0 Å². The Morgan fingerprint density at radius 3 is 2.28 bits per heavy atom. The average Bonchev–Trinajstić information content (AvgIpc) is 2.35. The van der Waals surface area contributed by atoms with Crippen LogP contribution >= 0.6 is 0 Å². The Hall–Kier alpha value is -0.930. The zero-order valence-corrected chi connectivity index (χ0v) is 11.7. The molecule has 1 N–H and O–H groups in total. The van der Waals surface area contributed by atoms with Crippen molar-refractivity contribution in [2.45, 2.75) is 52.4 Å². The second-order valence-electron chi connectivity index (χ2n) is 4.96. The van der Waals surface area contributed by atoms with Crippen LogP contribution in [0.15, 0.2) is 24.3 Å². The lowest BCUT2D eigenvalue weighted by Crippen LogP contribution is -2.30. The standard InChI is InChI=1S/C15H24FNO/c1-5-12(4)18-15(10-17-11(2)3)13-6-8-14(16)9-7-13/h6-9,11-12,15,17H,5,10H2,1-4H3. The van der Waals surface area contributed by atoms with E-state index >= 15 is 0 Å². The molecule has 3 heteroatoms. The summed E-state index contributed by atoms with van der Waals surface area (Å²) in [5, 5.41) is 3.37. The van der Waals surface area contributed by atoms with Crippen LogP contribution in [0.1, 0.15) is 45.8 Å². The Balaban J connectivity index is 2.72. The number of hydrogen-bond acceptors (Lipinski definition) is 2. The molecule has 1 aromatic carbocycles. The van der Waals surface area contributed by atoms with Crippen LogP contribution in [-0.2, 0) is 4.74 Å². The van der Waals surface area contributed by atoms with Crippen LogP contribution in [-0.4, -0.2) is 18.7 Å². The molecular weight excluding hydrogens is 229 g/mol. The maximum Gasteiger partial charge on any atom is 0.123 e. The molecule has 0 radical (unpaired) electrons. The van der Waals surface area contributed by atoms with Gasteiger partial charge in [-0.05, 0) is 31.0 Å². The molecule has 0 aliphatic heterocycles. The zero-order chi connectivity index (χ0) is 13.5. The van der Waals surface area contributed by atoms with E-state index in [1.54, 1.807) is 12.1 Å². The van der Waals surface area contributed by atoms with E-state index in [9.17, 15) is 4.39 Å². The second kappa shape index (κ2) is 7.49. The maximum atomic E-state index is 12.9. The molecule has 0 fully saturated rings. The molecule has 2 atom stereocenters. The molecule has 0 saturated heterocycles. The molecule has 0 saturated carbocycles. The van der Waals surface area contributed by atoms with Gasteiger partial charge in [-0.3, -0.25) is 0 Å². The highest BCUT2D eigenvalue weighted by Crippen LogP contribution is 2.20. The lowest BCUT2D eigenvalue weighted by atomic mass is 10.1. The van der Waals surface area contributed by atoms with E-state index in [0.717, 1.165) is 18.5 Å². The quantitative estimate of drug-likeness (QED) is 0.800. The van der Waals surface area contributed by atoms with Gasteiger partial charge in [-0.15, -0.1) is 0 Å². The van der Waals surface area contributed by atoms with Crippen molar-refractivity contribution in [3.63, 3.8) is 0 Å². The highest BCUT2D eigenvalue weighted by atomic mass is 19.1. The predicted molar refractivity (Wildman–Crippen MR) is 73.1 cm³/mol. The second-order valence-corrected chi connectivity index (χ2v) is 4.96. The van der Waals surface area contributed by atoms with Crippen molar-refractivity contribution >= 4 is 0 Å². The molecule has 0 spiro atoms. The summed E-state index contributed by atoms with van der Waals surface area (Å²) in [4.78, 5) is 0. The predicted octanol–water partition coefficient (Wildman–Crippen LogP) is 3.68. The Kier molecular flexibility index (Phi) is 6.30. The van der Waals surface area contributed by atoms with Gasteiger partial charge in [-0.1, -0.05) is 32.9 Å². The lowest BCUT2D eigenvalue weighted by Gasteiger charge is -2.23. The van der Waals surface area contributed by atoms with E-state index in [2.05, 4.69) is 33.0 Å². The van der Waals surface area contributed by atoms with Gasteiger partial charge in [-0.2, -0.15) is 0 Å². The highest BCUT2D eigenvalue weighted by Gasteiger charge is 2.15. The molecule has 0 aliphatic rings. The fourth-order valence-corrected chi connectivity index (χ4v) is 1.64. The van der Waals surface area contributed by atoms with Crippen molar-refractivity contribution < 1.29 is 9.13 Å². The smallest absolute Gasteiger partial charge is 0.123 e. The van der Waals surface area contributed by atoms with E-state index in [0.29, 0.717) is 6.04 Å². The number of hydrogen-bond donors (Lipinski definition) is 1.